The number of guanidine groups is 1. The summed E-state index contributed by atoms with van der Waals surface area (Å²) < 4.78 is 0. The molecule has 0 aliphatic carbocycles. The SMILES string of the molecule is CCCCCCCC(=O)NC(C)C(=O)O.N=C(N)NCCC[C@H](N)C(=O)O. The van der Waals surface area contributed by atoms with Gasteiger partial charge in [-0.1, -0.05) is 32.6 Å². The van der Waals surface area contributed by atoms with Gasteiger partial charge in [-0.15, -0.1) is 0 Å². The molecule has 0 aromatic carbocycles. The van der Waals surface area contributed by atoms with Crippen LogP contribution in [0.5, 0.6) is 0 Å². The molecule has 1 unspecified atom stereocenters. The molecule has 0 saturated carbocycles. The Bertz CT molecular complexity index is 459. The smallest absolute Gasteiger partial charge is 0.325 e. The molecular formula is C17H35N5O5. The quantitative estimate of drug-likeness (QED) is 0.135. The summed E-state index contributed by atoms with van der Waals surface area (Å²) in [7, 11) is 0. The first-order valence-electron chi connectivity index (χ1n) is 9.20. The lowest BCUT2D eigenvalue weighted by Gasteiger charge is -2.08. The molecule has 158 valence electrons. The van der Waals surface area contributed by atoms with E-state index >= 15 is 0 Å². The van der Waals surface area contributed by atoms with Crippen molar-refractivity contribution in [3.63, 3.8) is 0 Å². The first-order chi connectivity index (χ1) is 12.6. The summed E-state index contributed by atoms with van der Waals surface area (Å²) in [5.74, 6) is -2.27. The number of rotatable bonds is 13. The maximum absolute atomic E-state index is 11.2. The van der Waals surface area contributed by atoms with Gasteiger partial charge in [0.15, 0.2) is 5.96 Å². The van der Waals surface area contributed by atoms with E-state index in [1.165, 1.54) is 19.8 Å². The number of unbranched alkanes of at least 4 members (excludes halogenated alkanes) is 4. The average molecular weight is 389 g/mol. The van der Waals surface area contributed by atoms with Gasteiger partial charge in [0, 0.05) is 13.0 Å². The van der Waals surface area contributed by atoms with Crippen molar-refractivity contribution in [1.82, 2.24) is 10.6 Å². The highest BCUT2D eigenvalue weighted by Gasteiger charge is 2.13. The highest BCUT2D eigenvalue weighted by atomic mass is 16.4. The molecule has 0 bridgehead atoms. The van der Waals surface area contributed by atoms with E-state index < -0.39 is 24.0 Å². The molecule has 2 atom stereocenters. The predicted molar refractivity (Wildman–Crippen MR) is 103 cm³/mol. The van der Waals surface area contributed by atoms with Gasteiger partial charge in [0.05, 0.1) is 0 Å². The van der Waals surface area contributed by atoms with E-state index in [0.29, 0.717) is 25.8 Å². The number of carboxylic acid groups (broad SMARTS) is 2. The Balaban J connectivity index is 0. The Hall–Kier alpha value is -2.36. The standard InChI is InChI=1S/C11H21NO3.C6H14N4O2/c1-3-4-5-6-7-8-10(13)12-9(2)11(14)15;7-4(5(11)12)2-1-3-10-6(8)9/h9H,3-8H2,1-2H3,(H,12,13)(H,14,15);4H,1-3,7H2,(H,11,12)(H4,8,9,10)/t;4-/m.0/s1. The summed E-state index contributed by atoms with van der Waals surface area (Å²) in [5, 5.41) is 28.7. The zero-order chi connectivity index (χ0) is 21.2. The number of nitrogens with two attached hydrogens (primary N) is 2. The van der Waals surface area contributed by atoms with E-state index in [1.807, 2.05) is 0 Å². The number of nitrogens with one attached hydrogen (secondary N) is 3. The summed E-state index contributed by atoms with van der Waals surface area (Å²) in [6, 6.07) is -1.60. The lowest BCUT2D eigenvalue weighted by atomic mass is 10.1. The van der Waals surface area contributed by atoms with E-state index in [0.717, 1.165) is 19.3 Å². The number of amides is 1. The van der Waals surface area contributed by atoms with Crippen molar-refractivity contribution >= 4 is 23.8 Å². The molecule has 0 heterocycles. The molecule has 0 radical (unpaired) electrons. The minimum Gasteiger partial charge on any atom is -0.480 e. The second-order valence-electron chi connectivity index (χ2n) is 6.22. The van der Waals surface area contributed by atoms with Crippen LogP contribution in [0.4, 0.5) is 0 Å². The number of carbonyl (C=O) groups is 3. The molecule has 9 N–H and O–H groups in total. The lowest BCUT2D eigenvalue weighted by molar-refractivity contribution is -0.141. The van der Waals surface area contributed by atoms with Crippen LogP contribution in [-0.2, 0) is 14.4 Å². The molecule has 0 aliphatic heterocycles. The monoisotopic (exact) mass is 389 g/mol. The highest BCUT2D eigenvalue weighted by Crippen LogP contribution is 2.04. The molecular weight excluding hydrogens is 354 g/mol. The van der Waals surface area contributed by atoms with Gasteiger partial charge in [-0.25, -0.2) is 0 Å². The number of aliphatic carboxylic acids is 2. The van der Waals surface area contributed by atoms with Gasteiger partial charge in [-0.2, -0.15) is 0 Å². The molecule has 0 saturated heterocycles. The summed E-state index contributed by atoms with van der Waals surface area (Å²) in [6.07, 6.45) is 6.83. The van der Waals surface area contributed by atoms with Crippen LogP contribution < -0.4 is 22.1 Å². The number of carbonyl (C=O) groups excluding carboxylic acids is 1. The van der Waals surface area contributed by atoms with E-state index in [4.69, 9.17) is 27.1 Å². The molecule has 0 rings (SSSR count). The maximum Gasteiger partial charge on any atom is 0.325 e. The van der Waals surface area contributed by atoms with E-state index in [2.05, 4.69) is 17.6 Å². The second kappa shape index (κ2) is 17.1. The van der Waals surface area contributed by atoms with Crippen LogP contribution in [0.15, 0.2) is 0 Å². The second-order valence-corrected chi connectivity index (χ2v) is 6.22. The van der Waals surface area contributed by atoms with Crippen molar-refractivity contribution in [2.24, 2.45) is 11.5 Å². The highest BCUT2D eigenvalue weighted by molar-refractivity contribution is 5.83. The Kier molecular flexibility index (Phi) is 17.0. The van der Waals surface area contributed by atoms with Crippen molar-refractivity contribution in [2.45, 2.75) is 77.3 Å². The van der Waals surface area contributed by atoms with Gasteiger partial charge in [0.1, 0.15) is 12.1 Å². The fraction of sp³-hybridized carbons (Fsp3) is 0.765. The molecule has 27 heavy (non-hydrogen) atoms. The zero-order valence-electron chi connectivity index (χ0n) is 16.3. The first-order valence-corrected chi connectivity index (χ1v) is 9.20. The Morgan fingerprint density at radius 1 is 1.04 bits per heavy atom. The predicted octanol–water partition coefficient (Wildman–Crippen LogP) is 0.598. The fourth-order valence-corrected chi connectivity index (χ4v) is 1.93. The van der Waals surface area contributed by atoms with Crippen LogP contribution in [0.3, 0.4) is 0 Å². The van der Waals surface area contributed by atoms with Crippen LogP contribution in [0.2, 0.25) is 0 Å². The summed E-state index contributed by atoms with van der Waals surface area (Å²) in [5.41, 5.74) is 10.2. The molecule has 1 amide bonds. The van der Waals surface area contributed by atoms with E-state index in [1.54, 1.807) is 0 Å². The minimum atomic E-state index is -1.00. The van der Waals surface area contributed by atoms with Crippen molar-refractivity contribution in [3.8, 4) is 0 Å². The van der Waals surface area contributed by atoms with Crippen molar-refractivity contribution < 1.29 is 24.6 Å². The van der Waals surface area contributed by atoms with Gasteiger partial charge < -0.3 is 32.3 Å². The summed E-state index contributed by atoms with van der Waals surface area (Å²) >= 11 is 0. The van der Waals surface area contributed by atoms with Crippen molar-refractivity contribution in [1.29, 1.82) is 5.41 Å². The Labute approximate surface area is 160 Å². The van der Waals surface area contributed by atoms with Gasteiger partial charge in [0.2, 0.25) is 5.91 Å². The van der Waals surface area contributed by atoms with Gasteiger partial charge in [-0.05, 0) is 26.2 Å². The van der Waals surface area contributed by atoms with Gasteiger partial charge >= 0.3 is 11.9 Å². The molecule has 0 fully saturated rings. The molecule has 0 spiro atoms. The van der Waals surface area contributed by atoms with Crippen LogP contribution >= 0.6 is 0 Å². The molecule has 0 aromatic rings. The Morgan fingerprint density at radius 2 is 1.63 bits per heavy atom. The van der Waals surface area contributed by atoms with Crippen LogP contribution in [0.1, 0.15) is 65.2 Å². The van der Waals surface area contributed by atoms with E-state index in [9.17, 15) is 14.4 Å². The summed E-state index contributed by atoms with van der Waals surface area (Å²) in [6.45, 7) is 4.09. The molecule has 10 nitrogen and oxygen atoms in total. The average Bonchev–Trinajstić information content (AvgIpc) is 2.58. The van der Waals surface area contributed by atoms with Crippen molar-refractivity contribution in [3.05, 3.63) is 0 Å². The van der Waals surface area contributed by atoms with Gasteiger partial charge in [-0.3, -0.25) is 19.8 Å². The first kappa shape index (κ1) is 26.9. The minimum absolute atomic E-state index is 0.112. The maximum atomic E-state index is 11.2. The van der Waals surface area contributed by atoms with Crippen LogP contribution in [0, 0.1) is 5.41 Å². The van der Waals surface area contributed by atoms with Crippen molar-refractivity contribution in [2.75, 3.05) is 6.54 Å². The largest absolute Gasteiger partial charge is 0.480 e. The number of hydrogen-bond donors (Lipinski definition) is 7. The number of carboxylic acids is 2. The third-order valence-corrected chi connectivity index (χ3v) is 3.58. The van der Waals surface area contributed by atoms with Crippen LogP contribution in [-0.4, -0.2) is 52.6 Å². The molecule has 0 aromatic heterocycles. The normalized spacial score (nSPS) is 12.1. The van der Waals surface area contributed by atoms with E-state index in [-0.39, 0.29) is 11.9 Å². The topological polar surface area (TPSA) is 192 Å². The van der Waals surface area contributed by atoms with Gasteiger partial charge in [0.25, 0.3) is 0 Å². The zero-order valence-corrected chi connectivity index (χ0v) is 16.3. The Morgan fingerprint density at radius 3 is 2.11 bits per heavy atom. The fourth-order valence-electron chi connectivity index (χ4n) is 1.93. The third kappa shape index (κ3) is 19.8. The lowest BCUT2D eigenvalue weighted by Crippen LogP contribution is -2.38. The third-order valence-electron chi connectivity index (χ3n) is 3.58. The molecule has 10 heteroatoms. The number of hydrogen-bond acceptors (Lipinski definition) is 5. The van der Waals surface area contributed by atoms with Crippen LogP contribution in [0.25, 0.3) is 0 Å². The molecule has 0 aliphatic rings. The summed E-state index contributed by atoms with van der Waals surface area (Å²) in [4.78, 5) is 31.9.